The zero-order valence-corrected chi connectivity index (χ0v) is 23.2. The van der Waals surface area contributed by atoms with E-state index >= 15 is 0 Å². The number of carbonyl (C=O) groups is 4. The number of ether oxygens (including phenoxy) is 2. The Hall–Kier alpha value is -2.62. The third-order valence-electron chi connectivity index (χ3n) is 6.64. The van der Waals surface area contributed by atoms with Crippen LogP contribution in [0.4, 0.5) is 4.79 Å². The summed E-state index contributed by atoms with van der Waals surface area (Å²) < 4.78 is 10.5. The van der Waals surface area contributed by atoms with Gasteiger partial charge >= 0.3 is 12.1 Å². The quantitative estimate of drug-likeness (QED) is 0.228. The van der Waals surface area contributed by atoms with Gasteiger partial charge in [0.2, 0.25) is 11.8 Å². The second kappa shape index (κ2) is 13.3. The van der Waals surface area contributed by atoms with E-state index in [2.05, 4.69) is 23.6 Å². The molecule has 10 nitrogen and oxygen atoms in total. The van der Waals surface area contributed by atoms with E-state index in [1.807, 2.05) is 0 Å². The molecule has 0 aromatic heterocycles. The van der Waals surface area contributed by atoms with Crippen molar-refractivity contribution >= 4 is 23.9 Å². The van der Waals surface area contributed by atoms with E-state index in [0.717, 1.165) is 31.3 Å². The summed E-state index contributed by atoms with van der Waals surface area (Å²) in [4.78, 5) is 53.0. The van der Waals surface area contributed by atoms with Crippen molar-refractivity contribution in [1.29, 1.82) is 0 Å². The Labute approximate surface area is 220 Å². The number of rotatable bonds is 10. The number of esters is 1. The fraction of sp³-hybridized carbons (Fsp3) is 0.778. The highest BCUT2D eigenvalue weighted by molar-refractivity contribution is 5.95. The first kappa shape index (κ1) is 30.6. The van der Waals surface area contributed by atoms with Crippen LogP contribution in [0.2, 0.25) is 0 Å². The van der Waals surface area contributed by atoms with E-state index in [1.165, 1.54) is 11.8 Å². The molecule has 0 radical (unpaired) electrons. The molecular weight excluding hydrogens is 478 g/mol. The van der Waals surface area contributed by atoms with Gasteiger partial charge < -0.3 is 30.1 Å². The Morgan fingerprint density at radius 1 is 1.22 bits per heavy atom. The zero-order chi connectivity index (χ0) is 27.8. The summed E-state index contributed by atoms with van der Waals surface area (Å²) in [7, 11) is 0. The number of carbonyl (C=O) groups excluding carboxylic acids is 4. The number of unbranched alkanes of at least 4 members (excludes halogenated alkanes) is 3. The number of likely N-dealkylation sites (tertiary alicyclic amines) is 1. The fourth-order valence-corrected chi connectivity index (χ4v) is 4.83. The van der Waals surface area contributed by atoms with Gasteiger partial charge in [0, 0.05) is 19.4 Å². The summed E-state index contributed by atoms with van der Waals surface area (Å²) in [5.41, 5.74) is -0.823. The monoisotopic (exact) mass is 523 g/mol. The van der Waals surface area contributed by atoms with Gasteiger partial charge in [-0.05, 0) is 60.3 Å². The van der Waals surface area contributed by atoms with E-state index in [-0.39, 0.29) is 19.6 Å². The largest absolute Gasteiger partial charge is 0.464 e. The third kappa shape index (κ3) is 8.72. The fourth-order valence-electron chi connectivity index (χ4n) is 4.83. The number of hydrogen-bond acceptors (Lipinski definition) is 7. The lowest BCUT2D eigenvalue weighted by Gasteiger charge is -2.32. The molecule has 1 saturated heterocycles. The average Bonchev–Trinajstić information content (AvgIpc) is 3.39. The zero-order valence-electron chi connectivity index (χ0n) is 23.2. The molecule has 10 heteroatoms. The Kier molecular flexibility index (Phi) is 11.0. The Morgan fingerprint density at radius 3 is 2.54 bits per heavy atom. The number of amides is 3. The minimum atomic E-state index is -1.20. The van der Waals surface area contributed by atoms with Gasteiger partial charge in [-0.25, -0.2) is 9.59 Å². The van der Waals surface area contributed by atoms with Crippen LogP contribution < -0.4 is 10.6 Å². The highest BCUT2D eigenvalue weighted by Gasteiger charge is 2.49. The smallest absolute Gasteiger partial charge is 0.408 e. The molecule has 1 aliphatic heterocycles. The highest BCUT2D eigenvalue weighted by atomic mass is 16.6. The van der Waals surface area contributed by atoms with Crippen LogP contribution in [0.1, 0.15) is 92.9 Å². The normalized spacial score (nSPS) is 25.6. The number of allylic oxidation sites excluding steroid dienone is 1. The Bertz CT molecular complexity index is 867. The average molecular weight is 524 g/mol. The molecule has 3 amide bonds. The van der Waals surface area contributed by atoms with Crippen LogP contribution in [0, 0.1) is 0 Å². The molecule has 2 rings (SSSR count). The van der Waals surface area contributed by atoms with Crippen LogP contribution in [0.5, 0.6) is 0 Å². The molecule has 0 spiro atoms. The maximum atomic E-state index is 13.5. The molecule has 1 aliphatic carbocycles. The van der Waals surface area contributed by atoms with Gasteiger partial charge in [-0.3, -0.25) is 9.59 Å². The Morgan fingerprint density at radius 2 is 1.92 bits per heavy atom. The van der Waals surface area contributed by atoms with Gasteiger partial charge in [0.25, 0.3) is 0 Å². The van der Waals surface area contributed by atoms with Gasteiger partial charge in [0.1, 0.15) is 23.2 Å². The SMILES string of the molecule is CCCCC/C=C1/CC[C@](NC(=O)[C@@H]2C[C@H](O)CN2C(=O)[C@H](C)NC(=O)OC(C)(C)C)(C(=O)OCC)C1. The van der Waals surface area contributed by atoms with Gasteiger partial charge in [0.15, 0.2) is 0 Å². The van der Waals surface area contributed by atoms with E-state index in [0.29, 0.717) is 19.3 Å². The Balaban J connectivity index is 2.14. The van der Waals surface area contributed by atoms with E-state index in [1.54, 1.807) is 27.7 Å². The standard InChI is InChI=1S/C27H45N3O7/c1-7-9-10-11-12-19-13-14-27(16-19,24(34)36-8-2)29-22(32)21-15-20(31)17-30(21)23(33)18(3)28-25(35)37-26(4,5)6/h12,18,20-21,31H,7-11,13-17H2,1-6H3,(H,28,35)(H,29,32)/b19-12-/t18-,20-,21-,27+/m0/s1. The van der Waals surface area contributed by atoms with Crippen LogP contribution in [-0.4, -0.2) is 76.4 Å². The first-order chi connectivity index (χ1) is 17.3. The summed E-state index contributed by atoms with van der Waals surface area (Å²) in [6, 6.07) is -1.95. The van der Waals surface area contributed by atoms with Gasteiger partial charge in [-0.2, -0.15) is 0 Å². The van der Waals surface area contributed by atoms with Crippen molar-refractivity contribution in [3.63, 3.8) is 0 Å². The summed E-state index contributed by atoms with van der Waals surface area (Å²) in [6.45, 7) is 10.6. The second-order valence-electron chi connectivity index (χ2n) is 11.1. The number of β-amino-alcohol motifs (C(OH)–C–C–N with tert-alkyl or cyclic N) is 1. The van der Waals surface area contributed by atoms with Crippen LogP contribution in [0.3, 0.4) is 0 Å². The van der Waals surface area contributed by atoms with Crippen molar-refractivity contribution in [2.45, 2.75) is 122 Å². The molecule has 0 aromatic rings. The van der Waals surface area contributed by atoms with E-state index in [4.69, 9.17) is 9.47 Å². The molecule has 3 N–H and O–H groups in total. The minimum Gasteiger partial charge on any atom is -0.464 e. The van der Waals surface area contributed by atoms with Crippen molar-refractivity contribution in [3.8, 4) is 0 Å². The molecular formula is C27H45N3O7. The number of nitrogens with one attached hydrogen (secondary N) is 2. The summed E-state index contributed by atoms with van der Waals surface area (Å²) in [5, 5.41) is 15.7. The lowest BCUT2D eigenvalue weighted by atomic mass is 9.95. The highest BCUT2D eigenvalue weighted by Crippen LogP contribution is 2.36. The predicted molar refractivity (Wildman–Crippen MR) is 139 cm³/mol. The van der Waals surface area contributed by atoms with Crippen molar-refractivity contribution in [1.82, 2.24) is 15.5 Å². The molecule has 2 aliphatic rings. The lowest BCUT2D eigenvalue weighted by molar-refractivity contribution is -0.154. The van der Waals surface area contributed by atoms with Gasteiger partial charge in [0.05, 0.1) is 12.7 Å². The molecule has 1 saturated carbocycles. The maximum absolute atomic E-state index is 13.5. The van der Waals surface area contributed by atoms with Crippen LogP contribution >= 0.6 is 0 Å². The van der Waals surface area contributed by atoms with Crippen molar-refractivity contribution < 1.29 is 33.8 Å². The number of alkyl carbamates (subject to hydrolysis) is 1. The molecule has 0 unspecified atom stereocenters. The van der Waals surface area contributed by atoms with Crippen LogP contribution in [-0.2, 0) is 23.9 Å². The van der Waals surface area contributed by atoms with E-state index in [9.17, 15) is 24.3 Å². The van der Waals surface area contributed by atoms with Gasteiger partial charge in [-0.15, -0.1) is 0 Å². The number of aliphatic hydroxyl groups is 1. The van der Waals surface area contributed by atoms with Crippen molar-refractivity contribution in [3.05, 3.63) is 11.6 Å². The summed E-state index contributed by atoms with van der Waals surface area (Å²) in [6.07, 6.45) is 6.26. The van der Waals surface area contributed by atoms with E-state index < -0.39 is 53.2 Å². The number of hydrogen-bond donors (Lipinski definition) is 3. The molecule has 210 valence electrons. The predicted octanol–water partition coefficient (Wildman–Crippen LogP) is 2.97. The minimum absolute atomic E-state index is 0.0371. The van der Waals surface area contributed by atoms with Crippen molar-refractivity contribution in [2.75, 3.05) is 13.2 Å². The molecule has 0 bridgehead atoms. The number of aliphatic hydroxyl groups excluding tert-OH is 1. The molecule has 1 heterocycles. The number of nitrogens with zero attached hydrogens (tertiary/aromatic N) is 1. The van der Waals surface area contributed by atoms with Crippen LogP contribution in [0.25, 0.3) is 0 Å². The molecule has 0 aromatic carbocycles. The molecule has 2 fully saturated rings. The molecule has 37 heavy (non-hydrogen) atoms. The topological polar surface area (TPSA) is 134 Å². The first-order valence-electron chi connectivity index (χ1n) is 13.5. The third-order valence-corrected chi connectivity index (χ3v) is 6.64. The van der Waals surface area contributed by atoms with Crippen LogP contribution in [0.15, 0.2) is 11.6 Å². The van der Waals surface area contributed by atoms with Crippen molar-refractivity contribution in [2.24, 2.45) is 0 Å². The molecule has 4 atom stereocenters. The maximum Gasteiger partial charge on any atom is 0.408 e. The first-order valence-corrected chi connectivity index (χ1v) is 13.5. The summed E-state index contributed by atoms with van der Waals surface area (Å²) in [5.74, 6) is -1.53. The van der Waals surface area contributed by atoms with Gasteiger partial charge in [-0.1, -0.05) is 31.4 Å². The second-order valence-corrected chi connectivity index (χ2v) is 11.1. The lowest BCUT2D eigenvalue weighted by Crippen LogP contribution is -2.59. The summed E-state index contributed by atoms with van der Waals surface area (Å²) >= 11 is 0.